The lowest BCUT2D eigenvalue weighted by Gasteiger charge is -2.15. The van der Waals surface area contributed by atoms with Crippen LogP contribution in [0.2, 0.25) is 0 Å². The minimum atomic E-state index is -0.717. The van der Waals surface area contributed by atoms with Crippen LogP contribution in [0.25, 0.3) is 10.9 Å². The van der Waals surface area contributed by atoms with Gasteiger partial charge in [-0.1, -0.05) is 18.2 Å². The fourth-order valence-electron chi connectivity index (χ4n) is 3.56. The molecule has 2 heterocycles. The molecule has 1 unspecified atom stereocenters. The number of ether oxygens (including phenoxy) is 1. The molecular weight excluding hydrogens is 384 g/mol. The highest BCUT2D eigenvalue weighted by atomic mass is 16.5. The van der Waals surface area contributed by atoms with Gasteiger partial charge in [0.15, 0.2) is 0 Å². The first-order valence-corrected chi connectivity index (χ1v) is 9.66. The van der Waals surface area contributed by atoms with Crippen molar-refractivity contribution < 1.29 is 19.1 Å². The standard InChI is InChI=1S/C22H22N4O4/c1-30-19-5-3-2-4-15(19)13-26-21(28)18(25-22(26)29)8-9-20(27)24-16-6-7-17-14(12-16)10-11-23-17/h2-7,10-12,18,23H,8-9,13H2,1H3,(H,24,27)(H,25,29). The molecule has 1 aromatic heterocycles. The molecule has 8 heteroatoms. The SMILES string of the molecule is COc1ccccc1CN1C(=O)NC(CCC(=O)Nc2ccc3[nH]ccc3c2)C1=O. The number of para-hydroxylation sites is 1. The van der Waals surface area contributed by atoms with Crippen LogP contribution in [-0.4, -0.2) is 40.9 Å². The first-order valence-electron chi connectivity index (χ1n) is 9.66. The van der Waals surface area contributed by atoms with Crippen LogP contribution >= 0.6 is 0 Å². The molecule has 0 bridgehead atoms. The average Bonchev–Trinajstić information content (AvgIpc) is 3.32. The van der Waals surface area contributed by atoms with E-state index in [0.717, 1.165) is 21.4 Å². The van der Waals surface area contributed by atoms with E-state index in [4.69, 9.17) is 4.74 Å². The summed E-state index contributed by atoms with van der Waals surface area (Å²) in [6, 6.07) is 13.6. The van der Waals surface area contributed by atoms with Crippen molar-refractivity contribution in [3.8, 4) is 5.75 Å². The number of aromatic nitrogens is 1. The van der Waals surface area contributed by atoms with E-state index in [1.54, 1.807) is 13.2 Å². The quantitative estimate of drug-likeness (QED) is 0.525. The summed E-state index contributed by atoms with van der Waals surface area (Å²) in [6.45, 7) is 0.119. The maximum Gasteiger partial charge on any atom is 0.325 e. The lowest BCUT2D eigenvalue weighted by Crippen LogP contribution is -2.31. The Kier molecular flexibility index (Phi) is 5.38. The van der Waals surface area contributed by atoms with Crippen LogP contribution in [-0.2, 0) is 16.1 Å². The molecule has 1 atom stereocenters. The summed E-state index contributed by atoms with van der Waals surface area (Å²) in [5.74, 6) is 0.0582. The third kappa shape index (κ3) is 3.98. The maximum atomic E-state index is 12.7. The number of urea groups is 1. The fourth-order valence-corrected chi connectivity index (χ4v) is 3.56. The minimum absolute atomic E-state index is 0.115. The zero-order valence-corrected chi connectivity index (χ0v) is 16.5. The Labute approximate surface area is 173 Å². The summed E-state index contributed by atoms with van der Waals surface area (Å²) < 4.78 is 5.29. The van der Waals surface area contributed by atoms with Crippen molar-refractivity contribution in [1.29, 1.82) is 0 Å². The molecule has 8 nitrogen and oxygen atoms in total. The van der Waals surface area contributed by atoms with Crippen molar-refractivity contribution in [2.45, 2.75) is 25.4 Å². The summed E-state index contributed by atoms with van der Waals surface area (Å²) in [6.07, 6.45) is 2.18. The number of nitrogens with one attached hydrogen (secondary N) is 3. The van der Waals surface area contributed by atoms with Crippen LogP contribution in [0.4, 0.5) is 10.5 Å². The number of anilines is 1. The number of amides is 4. The third-order valence-electron chi connectivity index (χ3n) is 5.13. The van der Waals surface area contributed by atoms with Gasteiger partial charge in [0.05, 0.1) is 13.7 Å². The van der Waals surface area contributed by atoms with Gasteiger partial charge < -0.3 is 20.4 Å². The van der Waals surface area contributed by atoms with Crippen LogP contribution in [0.3, 0.4) is 0 Å². The fraction of sp³-hybridized carbons (Fsp3) is 0.227. The predicted molar refractivity (Wildman–Crippen MR) is 112 cm³/mol. The second-order valence-corrected chi connectivity index (χ2v) is 7.10. The maximum absolute atomic E-state index is 12.7. The molecule has 1 fully saturated rings. The minimum Gasteiger partial charge on any atom is -0.496 e. The predicted octanol–water partition coefficient (Wildman–Crippen LogP) is 3.02. The van der Waals surface area contributed by atoms with Crippen LogP contribution in [0, 0.1) is 0 Å². The molecule has 3 N–H and O–H groups in total. The van der Waals surface area contributed by atoms with Gasteiger partial charge in [0.2, 0.25) is 5.91 Å². The van der Waals surface area contributed by atoms with E-state index in [2.05, 4.69) is 15.6 Å². The smallest absolute Gasteiger partial charge is 0.325 e. The number of hydrogen-bond acceptors (Lipinski definition) is 4. The molecule has 0 radical (unpaired) electrons. The summed E-state index contributed by atoms with van der Waals surface area (Å²) in [5, 5.41) is 6.50. The van der Waals surface area contributed by atoms with Crippen LogP contribution in [0.15, 0.2) is 54.7 Å². The average molecular weight is 406 g/mol. The summed E-state index contributed by atoms with van der Waals surface area (Å²) in [7, 11) is 1.54. The van der Waals surface area contributed by atoms with Gasteiger partial charge in [-0.3, -0.25) is 14.5 Å². The Balaban J connectivity index is 1.34. The second kappa shape index (κ2) is 8.28. The van der Waals surface area contributed by atoms with Crippen LogP contribution < -0.4 is 15.4 Å². The molecule has 2 aromatic carbocycles. The number of carbonyl (C=O) groups is 3. The molecule has 4 rings (SSSR count). The van der Waals surface area contributed by atoms with Crippen molar-refractivity contribution in [1.82, 2.24) is 15.2 Å². The van der Waals surface area contributed by atoms with Crippen molar-refractivity contribution in [2.75, 3.05) is 12.4 Å². The number of imide groups is 1. The summed E-state index contributed by atoms with van der Waals surface area (Å²) in [4.78, 5) is 41.5. The molecule has 1 aliphatic rings. The van der Waals surface area contributed by atoms with Crippen molar-refractivity contribution in [2.24, 2.45) is 0 Å². The Morgan fingerprint density at radius 3 is 2.83 bits per heavy atom. The van der Waals surface area contributed by atoms with Crippen LogP contribution in [0.1, 0.15) is 18.4 Å². The molecule has 0 spiro atoms. The number of aromatic amines is 1. The van der Waals surface area contributed by atoms with E-state index in [1.165, 1.54) is 0 Å². The molecule has 1 aliphatic heterocycles. The van der Waals surface area contributed by atoms with Gasteiger partial charge in [-0.15, -0.1) is 0 Å². The molecule has 0 aliphatic carbocycles. The van der Waals surface area contributed by atoms with Gasteiger partial charge in [0.1, 0.15) is 11.8 Å². The molecule has 1 saturated heterocycles. The van der Waals surface area contributed by atoms with Crippen molar-refractivity contribution >= 4 is 34.4 Å². The lowest BCUT2D eigenvalue weighted by molar-refractivity contribution is -0.128. The largest absolute Gasteiger partial charge is 0.496 e. The number of nitrogens with zero attached hydrogens (tertiary/aromatic N) is 1. The van der Waals surface area contributed by atoms with Crippen LogP contribution in [0.5, 0.6) is 5.75 Å². The molecule has 30 heavy (non-hydrogen) atoms. The Hall–Kier alpha value is -3.81. The molecule has 0 saturated carbocycles. The van der Waals surface area contributed by atoms with E-state index in [0.29, 0.717) is 11.4 Å². The highest BCUT2D eigenvalue weighted by Gasteiger charge is 2.38. The Bertz CT molecular complexity index is 1110. The number of H-pyrrole nitrogens is 1. The van der Waals surface area contributed by atoms with Gasteiger partial charge in [0.25, 0.3) is 5.91 Å². The number of carbonyl (C=O) groups excluding carboxylic acids is 3. The number of methoxy groups -OCH3 is 1. The van der Waals surface area contributed by atoms with Gasteiger partial charge in [-0.05, 0) is 36.8 Å². The molecule has 3 aromatic rings. The zero-order valence-electron chi connectivity index (χ0n) is 16.5. The molecule has 154 valence electrons. The van der Waals surface area contributed by atoms with E-state index in [-0.39, 0.29) is 31.2 Å². The number of rotatable bonds is 7. The Morgan fingerprint density at radius 2 is 2.00 bits per heavy atom. The number of hydrogen-bond donors (Lipinski definition) is 3. The second-order valence-electron chi connectivity index (χ2n) is 7.10. The van der Waals surface area contributed by atoms with Crippen molar-refractivity contribution in [3.05, 3.63) is 60.3 Å². The van der Waals surface area contributed by atoms with Gasteiger partial charge in [-0.2, -0.15) is 0 Å². The first-order chi connectivity index (χ1) is 14.5. The summed E-state index contributed by atoms with van der Waals surface area (Å²) in [5.41, 5.74) is 2.41. The van der Waals surface area contributed by atoms with E-state index < -0.39 is 12.1 Å². The Morgan fingerprint density at radius 1 is 1.17 bits per heavy atom. The zero-order chi connectivity index (χ0) is 21.1. The van der Waals surface area contributed by atoms with E-state index in [1.807, 2.05) is 48.7 Å². The summed E-state index contributed by atoms with van der Waals surface area (Å²) >= 11 is 0. The monoisotopic (exact) mass is 406 g/mol. The van der Waals surface area contributed by atoms with E-state index >= 15 is 0 Å². The number of benzene rings is 2. The van der Waals surface area contributed by atoms with E-state index in [9.17, 15) is 14.4 Å². The third-order valence-corrected chi connectivity index (χ3v) is 5.13. The van der Waals surface area contributed by atoms with Gasteiger partial charge in [-0.25, -0.2) is 4.79 Å². The topological polar surface area (TPSA) is 104 Å². The molecular formula is C22H22N4O4. The normalized spacial score (nSPS) is 16.0. The highest BCUT2D eigenvalue weighted by molar-refractivity contribution is 6.04. The highest BCUT2D eigenvalue weighted by Crippen LogP contribution is 2.22. The van der Waals surface area contributed by atoms with Gasteiger partial charge >= 0.3 is 6.03 Å². The number of fused-ring (bicyclic) bond motifs is 1. The lowest BCUT2D eigenvalue weighted by atomic mass is 10.1. The van der Waals surface area contributed by atoms with Crippen molar-refractivity contribution in [3.63, 3.8) is 0 Å². The molecule has 4 amide bonds. The van der Waals surface area contributed by atoms with Gasteiger partial charge in [0, 0.05) is 34.8 Å². The first kappa shape index (κ1) is 19.5.